The number of phenols is 1. The van der Waals surface area contributed by atoms with Crippen LogP contribution in [0.15, 0.2) is 91.3 Å². The van der Waals surface area contributed by atoms with Crippen LogP contribution in [-0.2, 0) is 22.6 Å². The lowest BCUT2D eigenvalue weighted by atomic mass is 9.96. The Balaban J connectivity index is 1.50. The molecule has 0 saturated heterocycles. The Bertz CT molecular complexity index is 2390. The van der Waals surface area contributed by atoms with Crippen molar-refractivity contribution in [1.82, 2.24) is 9.97 Å². The first-order valence-corrected chi connectivity index (χ1v) is 22.8. The molecule has 6 rings (SSSR count). The summed E-state index contributed by atoms with van der Waals surface area (Å²) in [7, 11) is -2.25. The standard InChI is InChI=1S/C45H48ClFN2O6SSi/c1-27-33(20-21-34(50)39(27)46)37-38-41(48-26-49-42(38)56-40(37)29-15-17-31(47)18-16-29)53-36(43(51)54-44(2,3)4)24-30-23-32(55-57(8,9)45(5,6)7)19-22-35(30)52-25-28-13-11-10-12-14-28/h10-23,26,36,50H,24-25H2,1-9H3. The second kappa shape index (κ2) is 16.5. The number of rotatable bonds is 12. The molecular weight excluding hydrogens is 779 g/mol. The summed E-state index contributed by atoms with van der Waals surface area (Å²) in [4.78, 5) is 24.8. The largest absolute Gasteiger partial charge is 0.543 e. The zero-order valence-electron chi connectivity index (χ0n) is 33.7. The molecule has 0 fully saturated rings. The highest BCUT2D eigenvalue weighted by Gasteiger charge is 2.39. The van der Waals surface area contributed by atoms with Crippen LogP contribution >= 0.6 is 22.9 Å². The number of thiophene rings is 1. The SMILES string of the molecule is Cc1c(-c2c(-c3ccc(F)cc3)sc3ncnc(OC(Cc4cc(O[Si](C)(C)C(C)(C)C)ccc4OCc4ccccc4)C(=O)OC(C)(C)C)c23)ccc(O)c1Cl. The van der Waals surface area contributed by atoms with Crippen LogP contribution in [0.5, 0.6) is 23.1 Å². The van der Waals surface area contributed by atoms with Crippen LogP contribution in [0.25, 0.3) is 31.8 Å². The monoisotopic (exact) mass is 826 g/mol. The molecule has 1 N–H and O–H groups in total. The average molecular weight is 827 g/mol. The number of hydrogen-bond donors (Lipinski definition) is 1. The van der Waals surface area contributed by atoms with E-state index in [1.165, 1.54) is 35.9 Å². The predicted octanol–water partition coefficient (Wildman–Crippen LogP) is 12.1. The van der Waals surface area contributed by atoms with E-state index in [1.54, 1.807) is 45.9 Å². The summed E-state index contributed by atoms with van der Waals surface area (Å²) < 4.78 is 40.0. The number of phenolic OH excluding ortho intramolecular Hbond substituents is 1. The average Bonchev–Trinajstić information content (AvgIpc) is 3.53. The molecule has 6 aromatic rings. The molecule has 2 heterocycles. The molecule has 0 aliphatic carbocycles. The first-order chi connectivity index (χ1) is 26.8. The third-order valence-electron chi connectivity index (χ3n) is 9.97. The number of ether oxygens (including phenoxy) is 3. The molecule has 0 aliphatic rings. The molecule has 57 heavy (non-hydrogen) atoms. The Kier molecular flexibility index (Phi) is 12.0. The number of halogens is 2. The van der Waals surface area contributed by atoms with Crippen molar-refractivity contribution in [3.05, 3.63) is 119 Å². The van der Waals surface area contributed by atoms with E-state index in [0.29, 0.717) is 50.6 Å². The molecule has 1 unspecified atom stereocenters. The van der Waals surface area contributed by atoms with Gasteiger partial charge in [0.25, 0.3) is 0 Å². The van der Waals surface area contributed by atoms with E-state index < -0.39 is 26.0 Å². The van der Waals surface area contributed by atoms with Gasteiger partial charge >= 0.3 is 5.97 Å². The normalized spacial score (nSPS) is 12.7. The summed E-state index contributed by atoms with van der Waals surface area (Å²) in [5.74, 6) is 0.331. The lowest BCUT2D eigenvalue weighted by Gasteiger charge is -2.36. The van der Waals surface area contributed by atoms with Gasteiger partial charge < -0.3 is 23.7 Å². The maximum Gasteiger partial charge on any atom is 0.348 e. The van der Waals surface area contributed by atoms with Gasteiger partial charge in [-0.05, 0) is 104 Å². The number of aromatic hydroxyl groups is 1. The van der Waals surface area contributed by atoms with E-state index in [0.717, 1.165) is 16.0 Å². The number of aromatic nitrogens is 2. The van der Waals surface area contributed by atoms with Crippen LogP contribution in [-0.4, -0.2) is 41.1 Å². The Hall–Kier alpha value is -4.97. The lowest BCUT2D eigenvalue weighted by Crippen LogP contribution is -2.43. The molecule has 0 bridgehead atoms. The third kappa shape index (κ3) is 9.60. The zero-order valence-corrected chi connectivity index (χ0v) is 36.3. The van der Waals surface area contributed by atoms with Crippen molar-refractivity contribution < 1.29 is 32.9 Å². The fourth-order valence-electron chi connectivity index (χ4n) is 5.98. The Morgan fingerprint density at radius 2 is 1.65 bits per heavy atom. The molecule has 0 aliphatic heterocycles. The second-order valence-electron chi connectivity index (χ2n) is 16.5. The summed E-state index contributed by atoms with van der Waals surface area (Å²) in [6.07, 6.45) is 0.237. The maximum absolute atomic E-state index is 14.3. The number of esters is 1. The molecule has 0 amide bonds. The van der Waals surface area contributed by atoms with Gasteiger partial charge in [-0.3, -0.25) is 0 Å². The van der Waals surface area contributed by atoms with Gasteiger partial charge in [-0.2, -0.15) is 0 Å². The van der Waals surface area contributed by atoms with Crippen LogP contribution in [0.1, 0.15) is 58.2 Å². The van der Waals surface area contributed by atoms with Gasteiger partial charge in [0.05, 0.1) is 10.4 Å². The van der Waals surface area contributed by atoms with Gasteiger partial charge in [-0.1, -0.05) is 80.9 Å². The summed E-state index contributed by atoms with van der Waals surface area (Å²) in [6, 6.07) is 25.0. The van der Waals surface area contributed by atoms with Crippen molar-refractivity contribution in [2.24, 2.45) is 0 Å². The van der Waals surface area contributed by atoms with Crippen LogP contribution in [0, 0.1) is 12.7 Å². The van der Waals surface area contributed by atoms with E-state index >= 15 is 0 Å². The molecule has 4 aromatic carbocycles. The van der Waals surface area contributed by atoms with Crippen LogP contribution in [0.4, 0.5) is 4.39 Å². The number of carbonyl (C=O) groups is 1. The molecule has 0 radical (unpaired) electrons. The molecule has 298 valence electrons. The van der Waals surface area contributed by atoms with Gasteiger partial charge in [0, 0.05) is 22.4 Å². The molecule has 0 saturated carbocycles. The van der Waals surface area contributed by atoms with Crippen molar-refractivity contribution in [2.45, 2.75) is 91.3 Å². The van der Waals surface area contributed by atoms with E-state index in [9.17, 15) is 14.3 Å². The highest BCUT2D eigenvalue weighted by Crippen LogP contribution is 2.49. The smallest absolute Gasteiger partial charge is 0.348 e. The lowest BCUT2D eigenvalue weighted by molar-refractivity contribution is -0.163. The topological polar surface area (TPSA) is 100 Å². The fourth-order valence-corrected chi connectivity index (χ4v) is 8.32. The van der Waals surface area contributed by atoms with Crippen molar-refractivity contribution in [3.8, 4) is 44.7 Å². The quantitative estimate of drug-likeness (QED) is 0.0962. The van der Waals surface area contributed by atoms with Crippen LogP contribution in [0.3, 0.4) is 0 Å². The minimum atomic E-state index is -2.25. The summed E-state index contributed by atoms with van der Waals surface area (Å²) in [6.45, 7) is 18.4. The highest BCUT2D eigenvalue weighted by molar-refractivity contribution is 7.22. The van der Waals surface area contributed by atoms with Crippen molar-refractivity contribution in [3.63, 3.8) is 0 Å². The minimum absolute atomic E-state index is 0.0492. The molecule has 12 heteroatoms. The zero-order chi connectivity index (χ0) is 41.3. The Labute approximate surface area is 343 Å². The van der Waals surface area contributed by atoms with E-state index in [-0.39, 0.29) is 33.9 Å². The number of nitrogens with zero attached hydrogens (tertiary/aromatic N) is 2. The van der Waals surface area contributed by atoms with Gasteiger partial charge in [-0.25, -0.2) is 19.2 Å². The van der Waals surface area contributed by atoms with Crippen LogP contribution < -0.4 is 13.9 Å². The summed E-state index contributed by atoms with van der Waals surface area (Å²) >= 11 is 7.97. The molecule has 0 spiro atoms. The molecule has 1 atom stereocenters. The van der Waals surface area contributed by atoms with Crippen molar-refractivity contribution in [2.75, 3.05) is 0 Å². The molecular formula is C45H48ClFN2O6SSi. The highest BCUT2D eigenvalue weighted by atomic mass is 35.5. The number of benzene rings is 4. The fraction of sp³-hybridized carbons (Fsp3) is 0.311. The van der Waals surface area contributed by atoms with Gasteiger partial charge in [0.2, 0.25) is 20.3 Å². The first kappa shape index (κ1) is 41.7. The first-order valence-electron chi connectivity index (χ1n) is 18.7. The minimum Gasteiger partial charge on any atom is -0.543 e. The third-order valence-corrected chi connectivity index (χ3v) is 16.0. The van der Waals surface area contributed by atoms with Crippen molar-refractivity contribution >= 4 is 47.4 Å². The Morgan fingerprint density at radius 1 is 0.947 bits per heavy atom. The van der Waals surface area contributed by atoms with E-state index in [1.807, 2.05) is 48.5 Å². The number of carbonyl (C=O) groups excluding carboxylic acids is 1. The van der Waals surface area contributed by atoms with Gasteiger partial charge in [-0.15, -0.1) is 11.3 Å². The number of hydrogen-bond acceptors (Lipinski definition) is 9. The summed E-state index contributed by atoms with van der Waals surface area (Å²) in [5.41, 5.74) is 3.52. The van der Waals surface area contributed by atoms with E-state index in [4.69, 9.17) is 30.2 Å². The molecule has 8 nitrogen and oxygen atoms in total. The Morgan fingerprint density at radius 3 is 2.32 bits per heavy atom. The predicted molar refractivity (Wildman–Crippen MR) is 229 cm³/mol. The summed E-state index contributed by atoms with van der Waals surface area (Å²) in [5, 5.41) is 11.1. The van der Waals surface area contributed by atoms with Crippen LogP contribution in [0.2, 0.25) is 23.2 Å². The maximum atomic E-state index is 14.3. The van der Waals surface area contributed by atoms with E-state index in [2.05, 4.69) is 43.8 Å². The molecule has 2 aromatic heterocycles. The number of fused-ring (bicyclic) bond motifs is 1. The second-order valence-corrected chi connectivity index (χ2v) is 22.6. The van der Waals surface area contributed by atoms with Crippen molar-refractivity contribution in [1.29, 1.82) is 0 Å². The van der Waals surface area contributed by atoms with Gasteiger partial charge in [0.1, 0.15) is 46.4 Å². The van der Waals surface area contributed by atoms with Gasteiger partial charge in [0.15, 0.2) is 0 Å².